The van der Waals surface area contributed by atoms with Gasteiger partial charge in [0.1, 0.15) is 11.2 Å². The lowest BCUT2D eigenvalue weighted by Gasteiger charge is -2.12. The average molecular weight is 362 g/mol. The van der Waals surface area contributed by atoms with Crippen molar-refractivity contribution in [2.24, 2.45) is 0 Å². The highest BCUT2D eigenvalue weighted by molar-refractivity contribution is 6.25. The molecule has 0 aliphatic heterocycles. The zero-order valence-electron chi connectivity index (χ0n) is 15.5. The molecule has 0 bridgehead atoms. The molecule has 0 unspecified atom stereocenters. The van der Waals surface area contributed by atoms with E-state index < -0.39 is 0 Å². The van der Waals surface area contributed by atoms with Gasteiger partial charge in [-0.05, 0) is 35.2 Å². The third-order valence-electron chi connectivity index (χ3n) is 5.67. The van der Waals surface area contributed by atoms with Gasteiger partial charge in [-0.1, -0.05) is 73.7 Å². The van der Waals surface area contributed by atoms with Crippen LogP contribution in [0.1, 0.15) is 12.5 Å². The van der Waals surface area contributed by atoms with E-state index in [4.69, 9.17) is 8.83 Å². The standard InChI is InChI=1S/C26H18O2/c1-2-17-22(16-10-4-3-5-11-16)24-19-13-7-9-15-21(19)28-26(24)25-23(17)18-12-6-8-14-20(18)27-25/h3-15H,2H2,1H3. The first-order chi connectivity index (χ1) is 13.9. The lowest BCUT2D eigenvalue weighted by atomic mass is 9.90. The number of aryl methyl sites for hydroxylation is 1. The molecular formula is C26H18O2. The Morgan fingerprint density at radius 3 is 1.79 bits per heavy atom. The number of hydrogen-bond acceptors (Lipinski definition) is 2. The second-order valence-electron chi connectivity index (χ2n) is 7.18. The van der Waals surface area contributed by atoms with Crippen LogP contribution in [0.25, 0.3) is 55.0 Å². The molecule has 0 fully saturated rings. The Morgan fingerprint density at radius 1 is 0.607 bits per heavy atom. The molecule has 0 aliphatic carbocycles. The van der Waals surface area contributed by atoms with E-state index in [-0.39, 0.29) is 0 Å². The molecule has 2 heterocycles. The molecule has 134 valence electrons. The Hall–Kier alpha value is -3.52. The normalized spacial score (nSPS) is 11.9. The van der Waals surface area contributed by atoms with Gasteiger partial charge in [0.05, 0.1) is 0 Å². The van der Waals surface area contributed by atoms with Gasteiger partial charge in [0, 0.05) is 21.5 Å². The highest BCUT2D eigenvalue weighted by Crippen LogP contribution is 2.46. The van der Waals surface area contributed by atoms with Gasteiger partial charge in [-0.2, -0.15) is 0 Å². The third kappa shape index (κ3) is 1.97. The van der Waals surface area contributed by atoms with Gasteiger partial charge in [0.15, 0.2) is 11.2 Å². The Bertz CT molecular complexity index is 1480. The zero-order chi connectivity index (χ0) is 18.7. The van der Waals surface area contributed by atoms with Gasteiger partial charge in [-0.3, -0.25) is 0 Å². The van der Waals surface area contributed by atoms with Gasteiger partial charge in [-0.25, -0.2) is 0 Å². The van der Waals surface area contributed by atoms with E-state index in [2.05, 4.69) is 61.5 Å². The van der Waals surface area contributed by atoms with Crippen LogP contribution in [0, 0.1) is 0 Å². The van der Waals surface area contributed by atoms with Gasteiger partial charge >= 0.3 is 0 Å². The van der Waals surface area contributed by atoms with Crippen molar-refractivity contribution in [2.45, 2.75) is 13.3 Å². The highest BCUT2D eigenvalue weighted by Gasteiger charge is 2.24. The molecule has 0 saturated carbocycles. The molecule has 0 amide bonds. The number of benzene rings is 4. The highest BCUT2D eigenvalue weighted by atomic mass is 16.4. The largest absolute Gasteiger partial charge is 0.452 e. The van der Waals surface area contributed by atoms with E-state index in [1.165, 1.54) is 22.1 Å². The molecule has 0 radical (unpaired) electrons. The smallest absolute Gasteiger partial charge is 0.179 e. The Balaban J connectivity index is 1.97. The van der Waals surface area contributed by atoms with Crippen molar-refractivity contribution in [1.29, 1.82) is 0 Å². The molecule has 2 nitrogen and oxygen atoms in total. The van der Waals surface area contributed by atoms with Crippen LogP contribution in [-0.2, 0) is 6.42 Å². The molecule has 0 spiro atoms. The maximum atomic E-state index is 6.36. The minimum atomic E-state index is 0.837. The predicted octanol–water partition coefficient (Wildman–Crippen LogP) is 7.71. The summed E-state index contributed by atoms with van der Waals surface area (Å²) in [4.78, 5) is 0. The summed E-state index contributed by atoms with van der Waals surface area (Å²) in [5.74, 6) is 0. The first-order valence-corrected chi connectivity index (χ1v) is 9.69. The molecule has 28 heavy (non-hydrogen) atoms. The maximum Gasteiger partial charge on any atom is 0.179 e. The average Bonchev–Trinajstić information content (AvgIpc) is 3.32. The second kappa shape index (κ2) is 5.74. The van der Waals surface area contributed by atoms with Gasteiger partial charge in [-0.15, -0.1) is 0 Å². The summed E-state index contributed by atoms with van der Waals surface area (Å²) in [6.07, 6.45) is 0.916. The third-order valence-corrected chi connectivity index (χ3v) is 5.67. The summed E-state index contributed by atoms with van der Waals surface area (Å²) in [6, 6.07) is 27.1. The fourth-order valence-corrected chi connectivity index (χ4v) is 4.51. The van der Waals surface area contributed by atoms with Crippen molar-refractivity contribution in [3.05, 3.63) is 84.4 Å². The number of rotatable bonds is 2. The van der Waals surface area contributed by atoms with Crippen LogP contribution < -0.4 is 0 Å². The maximum absolute atomic E-state index is 6.36. The Morgan fingerprint density at radius 2 is 1.14 bits per heavy atom. The van der Waals surface area contributed by atoms with Gasteiger partial charge in [0.25, 0.3) is 0 Å². The van der Waals surface area contributed by atoms with Crippen molar-refractivity contribution >= 4 is 43.9 Å². The van der Waals surface area contributed by atoms with Crippen LogP contribution in [0.5, 0.6) is 0 Å². The SMILES string of the molecule is CCc1c(-c2ccccc2)c2c3ccccc3oc2c2oc3ccccc3c12. The van der Waals surface area contributed by atoms with Gasteiger partial charge < -0.3 is 8.83 Å². The molecule has 6 aromatic rings. The number of furan rings is 2. The minimum Gasteiger partial charge on any atom is -0.452 e. The molecule has 0 atom stereocenters. The first-order valence-electron chi connectivity index (χ1n) is 9.69. The molecule has 0 saturated heterocycles. The molecule has 4 aromatic carbocycles. The zero-order valence-corrected chi connectivity index (χ0v) is 15.5. The summed E-state index contributed by atoms with van der Waals surface area (Å²) in [5, 5.41) is 4.59. The fraction of sp³-hybridized carbons (Fsp3) is 0.0769. The summed E-state index contributed by atoms with van der Waals surface area (Å²) < 4.78 is 12.7. The van der Waals surface area contributed by atoms with Crippen LogP contribution in [0.4, 0.5) is 0 Å². The van der Waals surface area contributed by atoms with Crippen LogP contribution in [0.2, 0.25) is 0 Å². The van der Waals surface area contributed by atoms with Crippen molar-refractivity contribution in [3.8, 4) is 11.1 Å². The van der Waals surface area contributed by atoms with E-state index in [9.17, 15) is 0 Å². The van der Waals surface area contributed by atoms with E-state index in [1.807, 2.05) is 24.3 Å². The topological polar surface area (TPSA) is 26.3 Å². The summed E-state index contributed by atoms with van der Waals surface area (Å²) in [5.41, 5.74) is 7.26. The number of para-hydroxylation sites is 2. The van der Waals surface area contributed by atoms with Crippen molar-refractivity contribution < 1.29 is 8.83 Å². The van der Waals surface area contributed by atoms with Crippen molar-refractivity contribution in [2.75, 3.05) is 0 Å². The summed E-state index contributed by atoms with van der Waals surface area (Å²) >= 11 is 0. The second-order valence-corrected chi connectivity index (χ2v) is 7.18. The van der Waals surface area contributed by atoms with Crippen molar-refractivity contribution in [3.63, 3.8) is 0 Å². The van der Waals surface area contributed by atoms with Crippen LogP contribution >= 0.6 is 0 Å². The van der Waals surface area contributed by atoms with Crippen LogP contribution in [-0.4, -0.2) is 0 Å². The van der Waals surface area contributed by atoms with Crippen molar-refractivity contribution in [1.82, 2.24) is 0 Å². The summed E-state index contributed by atoms with van der Waals surface area (Å²) in [6.45, 7) is 2.22. The Kier molecular flexibility index (Phi) is 3.18. The summed E-state index contributed by atoms with van der Waals surface area (Å²) in [7, 11) is 0. The molecule has 0 aliphatic rings. The number of hydrogen-bond donors (Lipinski definition) is 0. The minimum absolute atomic E-state index is 0.837. The van der Waals surface area contributed by atoms with E-state index >= 15 is 0 Å². The van der Waals surface area contributed by atoms with Crippen LogP contribution in [0.15, 0.2) is 87.7 Å². The first kappa shape index (κ1) is 15.5. The predicted molar refractivity (Wildman–Crippen MR) is 116 cm³/mol. The molecule has 2 heteroatoms. The van der Waals surface area contributed by atoms with E-state index in [0.717, 1.165) is 44.9 Å². The van der Waals surface area contributed by atoms with E-state index in [1.54, 1.807) is 0 Å². The van der Waals surface area contributed by atoms with Crippen LogP contribution in [0.3, 0.4) is 0 Å². The molecule has 2 aromatic heterocycles. The quantitative estimate of drug-likeness (QED) is 0.315. The number of fused-ring (bicyclic) bond motifs is 7. The Labute approximate surface area is 162 Å². The lowest BCUT2D eigenvalue weighted by molar-refractivity contribution is 0.633. The molecular weight excluding hydrogens is 344 g/mol. The molecule has 0 N–H and O–H groups in total. The van der Waals surface area contributed by atoms with Gasteiger partial charge in [0.2, 0.25) is 0 Å². The fourth-order valence-electron chi connectivity index (χ4n) is 4.51. The lowest BCUT2D eigenvalue weighted by Crippen LogP contribution is -1.91. The molecule has 6 rings (SSSR count). The monoisotopic (exact) mass is 362 g/mol. The van der Waals surface area contributed by atoms with E-state index in [0.29, 0.717) is 0 Å².